The van der Waals surface area contributed by atoms with E-state index >= 15 is 0 Å². The average Bonchev–Trinajstić information content (AvgIpc) is 3.47. The summed E-state index contributed by atoms with van der Waals surface area (Å²) < 4.78 is 85.9. The van der Waals surface area contributed by atoms with Gasteiger partial charge in [0.05, 0.1) is 27.6 Å². The molecule has 0 radical (unpaired) electrons. The van der Waals surface area contributed by atoms with Crippen molar-refractivity contribution in [3.8, 4) is 0 Å². The third-order valence-corrected chi connectivity index (χ3v) is 9.99. The van der Waals surface area contributed by atoms with Crippen LogP contribution in [-0.4, -0.2) is 52.4 Å². The molecule has 0 bridgehead atoms. The van der Waals surface area contributed by atoms with Crippen LogP contribution in [0.5, 0.6) is 0 Å². The number of hydrogen-bond donors (Lipinski definition) is 1. The summed E-state index contributed by atoms with van der Waals surface area (Å²) in [5.74, 6) is -3.16. The van der Waals surface area contributed by atoms with E-state index in [1.54, 1.807) is 100 Å². The number of benzene rings is 4. The van der Waals surface area contributed by atoms with Gasteiger partial charge in [0.1, 0.15) is 12.3 Å². The minimum atomic E-state index is -4.67. The maximum Gasteiger partial charge on any atom is 0.448 e. The SMILES string of the molecule is CC1(C)C(/C=C2\C(=O)C(=O)C(/C=C3\N(CC(F)(F)F)c4c(ccc5ccccc45)C3(C)C)=C2O)=[N+](CC(F)(F)F)c2c1ccc1ccccc21. The van der Waals surface area contributed by atoms with Gasteiger partial charge in [-0.3, -0.25) is 9.59 Å². The first-order valence-corrected chi connectivity index (χ1v) is 15.9. The van der Waals surface area contributed by atoms with Gasteiger partial charge in [0, 0.05) is 28.1 Å². The molecule has 4 aromatic rings. The number of rotatable bonds is 4. The molecule has 7 rings (SSSR count). The van der Waals surface area contributed by atoms with Crippen LogP contribution in [0.4, 0.5) is 37.7 Å². The van der Waals surface area contributed by atoms with Gasteiger partial charge < -0.3 is 10.0 Å². The fourth-order valence-corrected chi connectivity index (χ4v) is 7.64. The number of carbonyl (C=O) groups excluding carboxylic acids is 2. The molecule has 0 saturated carbocycles. The minimum absolute atomic E-state index is 0.0246. The number of aliphatic hydroxyl groups is 1. The highest BCUT2D eigenvalue weighted by molar-refractivity contribution is 6.54. The molecule has 0 atom stereocenters. The zero-order valence-electron chi connectivity index (χ0n) is 27.4. The first-order chi connectivity index (χ1) is 23.3. The van der Waals surface area contributed by atoms with Crippen molar-refractivity contribution in [1.29, 1.82) is 0 Å². The van der Waals surface area contributed by atoms with Gasteiger partial charge in [-0.25, -0.2) is 0 Å². The van der Waals surface area contributed by atoms with Gasteiger partial charge in [0.25, 0.3) is 0 Å². The van der Waals surface area contributed by atoms with Crippen LogP contribution in [-0.2, 0) is 20.4 Å². The summed E-state index contributed by atoms with van der Waals surface area (Å²) in [6.07, 6.45) is -7.12. The highest BCUT2D eigenvalue weighted by atomic mass is 19.4. The van der Waals surface area contributed by atoms with E-state index in [1.807, 2.05) is 0 Å². The van der Waals surface area contributed by atoms with E-state index in [0.717, 1.165) is 21.6 Å². The zero-order chi connectivity index (χ0) is 36.1. The van der Waals surface area contributed by atoms with Gasteiger partial charge in [0.15, 0.2) is 5.71 Å². The summed E-state index contributed by atoms with van der Waals surface area (Å²) in [5, 5.41) is 14.0. The van der Waals surface area contributed by atoms with Crippen LogP contribution in [0.1, 0.15) is 38.8 Å². The molecule has 4 aromatic carbocycles. The molecule has 1 aliphatic carbocycles. The van der Waals surface area contributed by atoms with E-state index < -0.39 is 64.7 Å². The molecule has 0 amide bonds. The van der Waals surface area contributed by atoms with Crippen molar-refractivity contribution >= 4 is 50.2 Å². The Morgan fingerprint density at radius 1 is 0.720 bits per heavy atom. The second-order valence-electron chi connectivity index (χ2n) is 13.9. The molecule has 0 saturated heterocycles. The van der Waals surface area contributed by atoms with Crippen molar-refractivity contribution in [1.82, 2.24) is 0 Å². The molecule has 0 unspecified atom stereocenters. The molecule has 0 aromatic heterocycles. The molecule has 1 N–H and O–H groups in total. The molecular formula is C39H31F6N2O3+. The van der Waals surface area contributed by atoms with E-state index in [0.29, 0.717) is 44.0 Å². The lowest BCUT2D eigenvalue weighted by Gasteiger charge is -2.28. The molecule has 50 heavy (non-hydrogen) atoms. The van der Waals surface area contributed by atoms with Gasteiger partial charge in [-0.15, -0.1) is 0 Å². The Balaban J connectivity index is 1.43. The predicted molar refractivity (Wildman–Crippen MR) is 179 cm³/mol. The molecule has 2 heterocycles. The Morgan fingerprint density at radius 2 is 1.30 bits per heavy atom. The molecule has 5 nitrogen and oxygen atoms in total. The maximum atomic E-state index is 14.1. The first-order valence-electron chi connectivity index (χ1n) is 15.9. The second-order valence-corrected chi connectivity index (χ2v) is 13.9. The zero-order valence-corrected chi connectivity index (χ0v) is 27.4. The lowest BCUT2D eigenvalue weighted by molar-refractivity contribution is -0.479. The Morgan fingerprint density at radius 3 is 1.92 bits per heavy atom. The summed E-state index contributed by atoms with van der Waals surface area (Å²) in [5.41, 5.74) is -1.55. The lowest BCUT2D eigenvalue weighted by atomic mass is 9.80. The van der Waals surface area contributed by atoms with Gasteiger partial charge in [-0.1, -0.05) is 80.6 Å². The second kappa shape index (κ2) is 10.9. The summed E-state index contributed by atoms with van der Waals surface area (Å²) in [6, 6.07) is 20.9. The van der Waals surface area contributed by atoms with E-state index in [9.17, 15) is 41.0 Å². The first kappa shape index (κ1) is 33.3. The monoisotopic (exact) mass is 689 g/mol. The number of nitrogens with zero attached hydrogens (tertiary/aromatic N) is 2. The van der Waals surface area contributed by atoms with Gasteiger partial charge in [-0.2, -0.15) is 30.9 Å². The number of carbonyl (C=O) groups is 2. The van der Waals surface area contributed by atoms with Crippen molar-refractivity contribution in [3.63, 3.8) is 0 Å². The standard InChI is InChI=1S/C39H30F6N2O3/c1-36(2)27-15-13-21-9-5-7-11-23(21)31(27)46(19-38(40,41)42)29(36)17-25-33(48)26(35(50)34(25)49)18-30-37(3,4)28-16-14-22-10-6-8-12-24(22)32(28)47(30)20-39(43,44)45/h5-18H,19-20H2,1-4H3/p+1. The predicted octanol–water partition coefficient (Wildman–Crippen LogP) is 9.07. The number of alkyl halides is 6. The third kappa shape index (κ3) is 5.13. The van der Waals surface area contributed by atoms with E-state index in [4.69, 9.17) is 0 Å². The highest BCUT2D eigenvalue weighted by Crippen LogP contribution is 2.52. The number of hydrogen-bond acceptors (Lipinski definition) is 4. The average molecular weight is 690 g/mol. The summed E-state index contributed by atoms with van der Waals surface area (Å²) >= 11 is 0. The summed E-state index contributed by atoms with van der Waals surface area (Å²) in [4.78, 5) is 28.1. The number of ketones is 2. The van der Waals surface area contributed by atoms with Crippen LogP contribution >= 0.6 is 0 Å². The van der Waals surface area contributed by atoms with Crippen molar-refractivity contribution in [2.24, 2.45) is 0 Å². The Kier molecular flexibility index (Phi) is 7.27. The van der Waals surface area contributed by atoms with Crippen LogP contribution in [0, 0.1) is 0 Å². The fourth-order valence-electron chi connectivity index (χ4n) is 7.64. The molecule has 256 valence electrons. The number of aliphatic hydroxyl groups excluding tert-OH is 1. The van der Waals surface area contributed by atoms with E-state index in [2.05, 4.69) is 0 Å². The van der Waals surface area contributed by atoms with Crippen LogP contribution in [0.2, 0.25) is 0 Å². The van der Waals surface area contributed by atoms with Crippen LogP contribution in [0.3, 0.4) is 0 Å². The molecule has 11 heteroatoms. The lowest BCUT2D eigenvalue weighted by Crippen LogP contribution is -2.35. The number of allylic oxidation sites excluding steroid dienone is 5. The Labute approximate surface area is 283 Å². The van der Waals surface area contributed by atoms with E-state index in [1.165, 1.54) is 0 Å². The quantitative estimate of drug-likeness (QED) is 0.101. The third-order valence-electron chi connectivity index (χ3n) is 9.99. The number of fused-ring (bicyclic) bond motifs is 6. The van der Waals surface area contributed by atoms with Gasteiger partial charge in [0.2, 0.25) is 23.8 Å². The highest BCUT2D eigenvalue weighted by Gasteiger charge is 2.51. The smallest absolute Gasteiger partial charge is 0.448 e. The normalized spacial score (nSPS) is 20.3. The van der Waals surface area contributed by atoms with Crippen LogP contribution < -0.4 is 4.90 Å². The summed E-state index contributed by atoms with van der Waals surface area (Å²) in [7, 11) is 0. The Bertz CT molecular complexity index is 2300. The number of anilines is 1. The van der Waals surface area contributed by atoms with Crippen molar-refractivity contribution in [2.75, 3.05) is 18.0 Å². The Hall–Kier alpha value is -5.19. The maximum absolute atomic E-state index is 14.1. The fraction of sp³-hybridized carbons (Fsp3) is 0.256. The summed E-state index contributed by atoms with van der Waals surface area (Å²) in [6.45, 7) is 3.93. The number of Topliss-reactive ketones (excluding diaryl/α,β-unsaturated/α-hetero) is 2. The van der Waals surface area contributed by atoms with Gasteiger partial charge >= 0.3 is 12.4 Å². The van der Waals surface area contributed by atoms with Crippen molar-refractivity contribution in [3.05, 3.63) is 119 Å². The molecular weight excluding hydrogens is 658 g/mol. The molecule has 0 spiro atoms. The molecule has 2 aliphatic heterocycles. The van der Waals surface area contributed by atoms with Crippen molar-refractivity contribution in [2.45, 2.75) is 50.9 Å². The largest absolute Gasteiger partial charge is 0.506 e. The topological polar surface area (TPSA) is 60.6 Å². The van der Waals surface area contributed by atoms with Crippen molar-refractivity contribution < 1.29 is 45.6 Å². The number of halogens is 6. The van der Waals surface area contributed by atoms with Gasteiger partial charge in [-0.05, 0) is 42.3 Å². The van der Waals surface area contributed by atoms with Crippen LogP contribution in [0.25, 0.3) is 21.5 Å². The van der Waals surface area contributed by atoms with Crippen LogP contribution in [0.15, 0.2) is 108 Å². The molecule has 0 fully saturated rings. The molecule has 3 aliphatic rings. The van der Waals surface area contributed by atoms with E-state index in [-0.39, 0.29) is 11.4 Å². The minimum Gasteiger partial charge on any atom is -0.506 e.